The molecule has 1 amide bonds. The number of nitrogens with zero attached hydrogens (tertiary/aromatic N) is 1. The van der Waals surface area contributed by atoms with Crippen LogP contribution in [0.5, 0.6) is 0 Å². The lowest BCUT2D eigenvalue weighted by molar-refractivity contribution is -0.645. The Labute approximate surface area is 273 Å². The van der Waals surface area contributed by atoms with Crippen molar-refractivity contribution in [2.45, 2.75) is 43.6 Å². The van der Waals surface area contributed by atoms with Gasteiger partial charge in [-0.15, -0.1) is 0 Å². The van der Waals surface area contributed by atoms with E-state index in [2.05, 4.69) is 36.5 Å². The molecular weight excluding hydrogens is 596 g/mol. The maximum Gasteiger partial charge on any atom is 0.251 e. The summed E-state index contributed by atoms with van der Waals surface area (Å²) in [6, 6.07) is 38.7. The topological polar surface area (TPSA) is 94.7 Å². The van der Waals surface area contributed by atoms with Crippen molar-refractivity contribution >= 4 is 17.7 Å². The summed E-state index contributed by atoms with van der Waals surface area (Å²) in [6.45, 7) is 2.52. The van der Waals surface area contributed by atoms with Gasteiger partial charge in [-0.1, -0.05) is 104 Å². The number of nitrogens with one attached hydrogen (secondary N) is 1. The summed E-state index contributed by atoms with van der Waals surface area (Å²) in [5, 5.41) is 25.4. The van der Waals surface area contributed by atoms with E-state index in [0.29, 0.717) is 22.9 Å². The fourth-order valence-electron chi connectivity index (χ4n) is 5.57. The van der Waals surface area contributed by atoms with Gasteiger partial charge in [0.05, 0.1) is 18.8 Å². The van der Waals surface area contributed by atoms with E-state index in [4.69, 9.17) is 9.47 Å². The fourth-order valence-corrected chi connectivity index (χ4v) is 6.65. The van der Waals surface area contributed by atoms with Crippen molar-refractivity contribution in [3.8, 4) is 11.1 Å². The summed E-state index contributed by atoms with van der Waals surface area (Å²) in [5.41, 5.74) is 6.47. The predicted molar refractivity (Wildman–Crippen MR) is 179 cm³/mol. The highest BCUT2D eigenvalue weighted by Crippen LogP contribution is 2.43. The molecule has 0 spiro atoms. The van der Waals surface area contributed by atoms with Gasteiger partial charge >= 0.3 is 0 Å². The number of carbonyl (C=O) groups is 1. The minimum absolute atomic E-state index is 0.0111. The average Bonchev–Trinajstić information content (AvgIpc) is 3.11. The third-order valence-electron chi connectivity index (χ3n) is 8.24. The van der Waals surface area contributed by atoms with E-state index in [1.165, 1.54) is 18.0 Å². The SMILES string of the molecule is C[C@H]1[C@@H](CSc2cccc[n+]2[O-])O[C@@H](c2ccc(-c3cccc(CNC(=O)c4ccccc4)c3)cc2)O[C@H]1c1ccc(CO)cc1. The van der Waals surface area contributed by atoms with Gasteiger partial charge in [-0.3, -0.25) is 4.79 Å². The van der Waals surface area contributed by atoms with Gasteiger partial charge in [-0.25, -0.2) is 0 Å². The Kier molecular flexibility index (Phi) is 10.1. The third kappa shape index (κ3) is 7.49. The summed E-state index contributed by atoms with van der Waals surface area (Å²) in [6.07, 6.45) is 0.472. The lowest BCUT2D eigenvalue weighted by atomic mass is 9.91. The molecule has 0 aliphatic carbocycles. The maximum atomic E-state index is 12.5. The number of hydrogen-bond donors (Lipinski definition) is 2. The van der Waals surface area contributed by atoms with Gasteiger partial charge in [0.1, 0.15) is 0 Å². The quantitative estimate of drug-likeness (QED) is 0.0979. The van der Waals surface area contributed by atoms with E-state index >= 15 is 0 Å². The number of hydrogen-bond acceptors (Lipinski definition) is 6. The van der Waals surface area contributed by atoms with E-state index in [1.807, 2.05) is 78.9 Å². The van der Waals surface area contributed by atoms with Crippen LogP contribution in [0.4, 0.5) is 0 Å². The first-order valence-electron chi connectivity index (χ1n) is 15.3. The highest BCUT2D eigenvalue weighted by Gasteiger charge is 2.38. The van der Waals surface area contributed by atoms with E-state index in [0.717, 1.165) is 38.1 Å². The largest absolute Gasteiger partial charge is 0.618 e. The molecule has 1 saturated heterocycles. The van der Waals surface area contributed by atoms with Crippen LogP contribution in [0.2, 0.25) is 0 Å². The second kappa shape index (κ2) is 14.7. The molecule has 4 aromatic carbocycles. The van der Waals surface area contributed by atoms with Gasteiger partial charge in [0, 0.05) is 41.5 Å². The van der Waals surface area contributed by atoms with Crippen LogP contribution in [0.1, 0.15) is 51.9 Å². The molecule has 0 bridgehead atoms. The smallest absolute Gasteiger partial charge is 0.251 e. The number of aromatic nitrogens is 1. The molecule has 1 aliphatic heterocycles. The molecule has 0 saturated carbocycles. The van der Waals surface area contributed by atoms with E-state index in [9.17, 15) is 15.1 Å². The second-order valence-electron chi connectivity index (χ2n) is 11.4. The molecule has 6 rings (SSSR count). The van der Waals surface area contributed by atoms with Crippen molar-refractivity contribution in [3.63, 3.8) is 0 Å². The molecule has 1 fully saturated rings. The Morgan fingerprint density at radius 3 is 2.30 bits per heavy atom. The molecule has 0 unspecified atom stereocenters. The summed E-state index contributed by atoms with van der Waals surface area (Å²) in [4.78, 5) is 12.5. The van der Waals surface area contributed by atoms with Crippen LogP contribution >= 0.6 is 11.8 Å². The van der Waals surface area contributed by atoms with Crippen molar-refractivity contribution in [1.82, 2.24) is 5.32 Å². The van der Waals surface area contributed by atoms with E-state index in [1.54, 1.807) is 18.2 Å². The Morgan fingerprint density at radius 1 is 0.826 bits per heavy atom. The number of carbonyl (C=O) groups excluding carboxylic acids is 1. The highest BCUT2D eigenvalue weighted by atomic mass is 32.2. The number of ether oxygens (including phenoxy) is 2. The summed E-state index contributed by atoms with van der Waals surface area (Å²) >= 11 is 1.47. The molecular formula is C38H36N2O5S. The van der Waals surface area contributed by atoms with Crippen LogP contribution < -0.4 is 10.0 Å². The van der Waals surface area contributed by atoms with Crippen LogP contribution in [0.3, 0.4) is 0 Å². The summed E-state index contributed by atoms with van der Waals surface area (Å²) in [7, 11) is 0. The third-order valence-corrected chi connectivity index (χ3v) is 9.35. The molecule has 1 aromatic heterocycles. The van der Waals surface area contributed by atoms with E-state index < -0.39 is 6.29 Å². The second-order valence-corrected chi connectivity index (χ2v) is 12.4. The fraction of sp³-hybridized carbons (Fsp3) is 0.211. The first-order valence-corrected chi connectivity index (χ1v) is 16.3. The van der Waals surface area contributed by atoms with Gasteiger partial charge in [-0.05, 0) is 52.1 Å². The maximum absolute atomic E-state index is 12.5. The molecule has 2 heterocycles. The number of thioether (sulfide) groups is 1. The normalized spacial score (nSPS) is 19.4. The first kappa shape index (κ1) is 31.5. The van der Waals surface area contributed by atoms with Crippen molar-refractivity contribution in [2.75, 3.05) is 5.75 Å². The van der Waals surface area contributed by atoms with Gasteiger partial charge in [0.15, 0.2) is 12.5 Å². The zero-order valence-electron chi connectivity index (χ0n) is 25.5. The van der Waals surface area contributed by atoms with Crippen molar-refractivity contribution in [1.29, 1.82) is 0 Å². The number of aliphatic hydroxyl groups is 1. The van der Waals surface area contributed by atoms with Crippen molar-refractivity contribution in [2.24, 2.45) is 5.92 Å². The molecule has 8 heteroatoms. The van der Waals surface area contributed by atoms with Crippen LogP contribution in [0.25, 0.3) is 11.1 Å². The molecule has 1 aliphatic rings. The van der Waals surface area contributed by atoms with Gasteiger partial charge in [0.25, 0.3) is 10.9 Å². The molecule has 2 N–H and O–H groups in total. The van der Waals surface area contributed by atoms with Crippen molar-refractivity contribution in [3.05, 3.63) is 161 Å². The zero-order chi connectivity index (χ0) is 31.9. The number of pyridine rings is 1. The zero-order valence-corrected chi connectivity index (χ0v) is 26.3. The first-order chi connectivity index (χ1) is 22.5. The lowest BCUT2D eigenvalue weighted by Crippen LogP contribution is -2.39. The Hall–Kier alpha value is -4.47. The molecule has 5 aromatic rings. The summed E-state index contributed by atoms with van der Waals surface area (Å²) < 4.78 is 14.0. The molecule has 234 valence electrons. The number of aliphatic hydroxyl groups excluding tert-OH is 1. The van der Waals surface area contributed by atoms with Gasteiger partial charge in [0.2, 0.25) is 0 Å². The van der Waals surface area contributed by atoms with Crippen molar-refractivity contribution < 1.29 is 24.1 Å². The molecule has 4 atom stereocenters. The Bertz CT molecular complexity index is 1750. The van der Waals surface area contributed by atoms with Crippen LogP contribution in [0.15, 0.2) is 133 Å². The molecule has 7 nitrogen and oxygen atoms in total. The lowest BCUT2D eigenvalue weighted by Gasteiger charge is -2.41. The Balaban J connectivity index is 1.18. The predicted octanol–water partition coefficient (Wildman–Crippen LogP) is 6.99. The van der Waals surface area contributed by atoms with Crippen LogP contribution in [-0.2, 0) is 22.6 Å². The monoisotopic (exact) mass is 632 g/mol. The summed E-state index contributed by atoms with van der Waals surface area (Å²) in [5.74, 6) is 0.494. The van der Waals surface area contributed by atoms with Gasteiger partial charge in [-0.2, -0.15) is 4.73 Å². The minimum atomic E-state index is -0.604. The number of amides is 1. The van der Waals surface area contributed by atoms with Crippen LogP contribution in [0, 0.1) is 11.1 Å². The van der Waals surface area contributed by atoms with E-state index in [-0.39, 0.29) is 30.6 Å². The molecule has 0 radical (unpaired) electrons. The standard InChI is InChI=1S/C38H36N2O5S/c1-26-34(25-46-35-12-5-6-21-40(35)43)44-38(45-36(26)30-15-13-27(24-41)14-16-30)32-19-17-29(18-20-32)33-11-7-8-28(22-33)23-39-37(42)31-9-3-2-4-10-31/h2-22,26,34,36,38,41H,23-25H2,1H3,(H,39,42)/t26-,34+,36+,38+/m0/s1. The Morgan fingerprint density at radius 2 is 1.57 bits per heavy atom. The number of benzene rings is 4. The van der Waals surface area contributed by atoms with Gasteiger partial charge < -0.3 is 25.1 Å². The molecule has 46 heavy (non-hydrogen) atoms. The number of rotatable bonds is 10. The average molecular weight is 633 g/mol. The highest BCUT2D eigenvalue weighted by molar-refractivity contribution is 7.99. The van der Waals surface area contributed by atoms with Crippen LogP contribution in [-0.4, -0.2) is 22.9 Å². The minimum Gasteiger partial charge on any atom is -0.618 e.